The third-order valence-electron chi connectivity index (χ3n) is 9.03. The van der Waals surface area contributed by atoms with E-state index in [2.05, 4.69) is 41.6 Å². The minimum atomic E-state index is -0.338. The molecule has 12 nitrogen and oxygen atoms in total. The molecule has 0 saturated carbocycles. The summed E-state index contributed by atoms with van der Waals surface area (Å²) in [5, 5.41) is 9.18. The summed E-state index contributed by atoms with van der Waals surface area (Å²) in [5.41, 5.74) is -0.0973. The largest absolute Gasteiger partial charge is 0.381 e. The van der Waals surface area contributed by atoms with Gasteiger partial charge in [-0.15, -0.1) is 0 Å². The van der Waals surface area contributed by atoms with Crippen LogP contribution in [0.4, 0.5) is 0 Å². The number of hydrogen-bond acceptors (Lipinski definition) is 8. The molecule has 12 heteroatoms. The number of carbonyl (C=O) groups is 4. The van der Waals surface area contributed by atoms with Crippen molar-refractivity contribution in [2.75, 3.05) is 72.4 Å². The molecule has 4 aliphatic rings. The van der Waals surface area contributed by atoms with E-state index in [1.165, 1.54) is 0 Å². The van der Waals surface area contributed by atoms with Gasteiger partial charge in [-0.3, -0.25) is 24.1 Å². The maximum absolute atomic E-state index is 13.6. The van der Waals surface area contributed by atoms with Gasteiger partial charge >= 0.3 is 0 Å². The van der Waals surface area contributed by atoms with E-state index >= 15 is 0 Å². The van der Waals surface area contributed by atoms with Gasteiger partial charge in [-0.2, -0.15) is 0 Å². The van der Waals surface area contributed by atoms with Crippen LogP contribution in [0.2, 0.25) is 0 Å². The molecular formula is C31H53N5O7. The van der Waals surface area contributed by atoms with E-state index in [9.17, 15) is 19.2 Å². The summed E-state index contributed by atoms with van der Waals surface area (Å²) in [5.74, 6) is 0.115. The third-order valence-corrected chi connectivity index (χ3v) is 9.03. The topological polar surface area (TPSA) is 139 Å². The maximum atomic E-state index is 13.6. The van der Waals surface area contributed by atoms with Crippen LogP contribution in [-0.2, 0) is 33.4 Å². The SMILES string of the molecule is CC(C)(C)CC(=O)N1CC[C@H]2CC(=O)NCCOCCOCC(=O)N[C@H]3C[C@@H](C(=O)NCC[C@H]2C1)N(C1CCOCC1)C3. The molecule has 0 radical (unpaired) electrons. The van der Waals surface area contributed by atoms with Crippen molar-refractivity contribution in [3.8, 4) is 0 Å². The van der Waals surface area contributed by atoms with Gasteiger partial charge in [0, 0.05) is 70.9 Å². The zero-order chi connectivity index (χ0) is 30.8. The summed E-state index contributed by atoms with van der Waals surface area (Å²) >= 11 is 0. The lowest BCUT2D eigenvalue weighted by Crippen LogP contribution is -2.50. The monoisotopic (exact) mass is 607 g/mol. The average molecular weight is 608 g/mol. The fraction of sp³-hybridized carbons (Fsp3) is 0.871. The van der Waals surface area contributed by atoms with Crippen molar-refractivity contribution in [1.29, 1.82) is 0 Å². The van der Waals surface area contributed by atoms with Gasteiger partial charge in [-0.25, -0.2) is 0 Å². The van der Waals surface area contributed by atoms with Gasteiger partial charge in [0.25, 0.3) is 0 Å². The number of carbonyl (C=O) groups excluding carboxylic acids is 4. The number of rotatable bonds is 2. The van der Waals surface area contributed by atoms with Crippen molar-refractivity contribution < 1.29 is 33.4 Å². The Labute approximate surface area is 256 Å². The third kappa shape index (κ3) is 10.7. The molecular weight excluding hydrogens is 554 g/mol. The number of nitrogens with zero attached hydrogens (tertiary/aromatic N) is 2. The van der Waals surface area contributed by atoms with Crippen molar-refractivity contribution in [2.24, 2.45) is 17.3 Å². The zero-order valence-corrected chi connectivity index (χ0v) is 26.4. The van der Waals surface area contributed by atoms with Crippen LogP contribution < -0.4 is 16.0 Å². The Morgan fingerprint density at radius 2 is 1.58 bits per heavy atom. The van der Waals surface area contributed by atoms with Crippen LogP contribution in [0.5, 0.6) is 0 Å². The van der Waals surface area contributed by atoms with Crippen molar-refractivity contribution in [3.63, 3.8) is 0 Å². The van der Waals surface area contributed by atoms with Crippen LogP contribution in [0.3, 0.4) is 0 Å². The van der Waals surface area contributed by atoms with E-state index in [0.717, 1.165) is 19.3 Å². The molecule has 0 aromatic carbocycles. The van der Waals surface area contributed by atoms with Gasteiger partial charge in [0.05, 0.1) is 25.9 Å². The molecule has 3 N–H and O–H groups in total. The molecule has 0 aromatic heterocycles. The molecule has 4 fully saturated rings. The van der Waals surface area contributed by atoms with E-state index in [1.807, 2.05) is 4.90 Å². The van der Waals surface area contributed by atoms with Gasteiger partial charge in [-0.05, 0) is 49.4 Å². The second-order valence-electron chi connectivity index (χ2n) is 13.7. The van der Waals surface area contributed by atoms with Gasteiger partial charge in [0.1, 0.15) is 6.61 Å². The fourth-order valence-electron chi connectivity index (χ4n) is 6.84. The standard InChI is InChI=1S/C31H53N5O7/c1-31(2,3)18-29(39)35-10-5-22-16-27(37)32-9-13-42-14-15-43-21-28(38)34-24-17-26(30(40)33-8-4-23(22)19-35)36(20-24)25-6-11-41-12-7-25/h22-26H,4-21H2,1-3H3,(H,32,37)(H,33,40)(H,34,38)/t22-,23-,24-,26-/m0/s1. The van der Waals surface area contributed by atoms with E-state index in [4.69, 9.17) is 14.2 Å². The van der Waals surface area contributed by atoms with Crippen molar-refractivity contribution >= 4 is 23.6 Å². The molecule has 4 heterocycles. The maximum Gasteiger partial charge on any atom is 0.246 e. The summed E-state index contributed by atoms with van der Waals surface area (Å²) in [6.07, 6.45) is 4.58. The Kier molecular flexibility index (Phi) is 12.6. The molecule has 0 unspecified atom stereocenters. The summed E-state index contributed by atoms with van der Waals surface area (Å²) in [4.78, 5) is 56.3. The van der Waals surface area contributed by atoms with Gasteiger partial charge in [-0.1, -0.05) is 20.8 Å². The lowest BCUT2D eigenvalue weighted by atomic mass is 9.80. The summed E-state index contributed by atoms with van der Waals surface area (Å²) in [7, 11) is 0. The Morgan fingerprint density at radius 1 is 0.837 bits per heavy atom. The number of likely N-dealkylation sites (tertiary alicyclic amines) is 2. The van der Waals surface area contributed by atoms with Crippen molar-refractivity contribution in [3.05, 3.63) is 0 Å². The van der Waals surface area contributed by atoms with E-state index in [0.29, 0.717) is 84.8 Å². The first kappa shape index (κ1) is 33.6. The lowest BCUT2D eigenvalue weighted by molar-refractivity contribution is -0.136. The first-order chi connectivity index (χ1) is 20.6. The molecule has 244 valence electrons. The summed E-state index contributed by atoms with van der Waals surface area (Å²) in [6.45, 7) is 11.2. The van der Waals surface area contributed by atoms with E-state index in [-0.39, 0.29) is 72.2 Å². The van der Waals surface area contributed by atoms with Crippen LogP contribution in [0, 0.1) is 17.3 Å². The molecule has 43 heavy (non-hydrogen) atoms. The molecule has 0 aromatic rings. The van der Waals surface area contributed by atoms with E-state index < -0.39 is 0 Å². The molecule has 4 amide bonds. The first-order valence-corrected chi connectivity index (χ1v) is 16.2. The molecule has 2 bridgehead atoms. The molecule has 4 rings (SSSR count). The number of fused-ring (bicyclic) bond motifs is 3. The number of amides is 4. The second kappa shape index (κ2) is 16.2. The fourth-order valence-corrected chi connectivity index (χ4v) is 6.84. The van der Waals surface area contributed by atoms with Crippen molar-refractivity contribution in [2.45, 2.75) is 83.8 Å². The number of piperidine rings is 1. The smallest absolute Gasteiger partial charge is 0.246 e. The van der Waals surface area contributed by atoms with Gasteiger partial charge in [0.15, 0.2) is 0 Å². The number of ether oxygens (including phenoxy) is 3. The number of nitrogens with one attached hydrogen (secondary N) is 3. The summed E-state index contributed by atoms with van der Waals surface area (Å²) in [6, 6.07) is -0.245. The first-order valence-electron chi connectivity index (χ1n) is 16.2. The van der Waals surface area contributed by atoms with Crippen LogP contribution in [-0.4, -0.2) is 124 Å². The van der Waals surface area contributed by atoms with Gasteiger partial charge < -0.3 is 35.1 Å². The highest BCUT2D eigenvalue weighted by molar-refractivity contribution is 5.83. The van der Waals surface area contributed by atoms with Crippen LogP contribution >= 0.6 is 0 Å². The molecule has 0 spiro atoms. The zero-order valence-electron chi connectivity index (χ0n) is 26.4. The Morgan fingerprint density at radius 3 is 2.35 bits per heavy atom. The minimum Gasteiger partial charge on any atom is -0.381 e. The highest BCUT2D eigenvalue weighted by Crippen LogP contribution is 2.31. The summed E-state index contributed by atoms with van der Waals surface area (Å²) < 4.78 is 16.6. The Hall–Kier alpha value is -2.28. The molecule has 4 atom stereocenters. The van der Waals surface area contributed by atoms with Crippen molar-refractivity contribution in [1.82, 2.24) is 25.8 Å². The Bertz CT molecular complexity index is 951. The number of hydrogen-bond donors (Lipinski definition) is 3. The molecule has 4 aliphatic heterocycles. The Balaban J connectivity index is 1.44. The predicted molar refractivity (Wildman–Crippen MR) is 160 cm³/mol. The average Bonchev–Trinajstić information content (AvgIpc) is 3.38. The van der Waals surface area contributed by atoms with Crippen LogP contribution in [0.1, 0.15) is 65.7 Å². The normalized spacial score (nSPS) is 30.4. The molecule has 4 saturated heterocycles. The quantitative estimate of drug-likeness (QED) is 0.417. The highest BCUT2D eigenvalue weighted by Gasteiger charge is 2.41. The van der Waals surface area contributed by atoms with E-state index in [1.54, 1.807) is 0 Å². The predicted octanol–water partition coefficient (Wildman–Crippen LogP) is 0.685. The van der Waals surface area contributed by atoms with Crippen LogP contribution in [0.25, 0.3) is 0 Å². The highest BCUT2D eigenvalue weighted by atomic mass is 16.5. The minimum absolute atomic E-state index is 0.0278. The molecule has 0 aliphatic carbocycles. The lowest BCUT2D eigenvalue weighted by Gasteiger charge is -2.39. The van der Waals surface area contributed by atoms with Gasteiger partial charge in [0.2, 0.25) is 23.6 Å². The second-order valence-corrected chi connectivity index (χ2v) is 13.7. The van der Waals surface area contributed by atoms with Crippen LogP contribution in [0.15, 0.2) is 0 Å².